The number of aliphatic hydroxyl groups is 1. The molecule has 0 spiro atoms. The van der Waals surface area contributed by atoms with E-state index in [1.54, 1.807) is 0 Å². The van der Waals surface area contributed by atoms with Gasteiger partial charge in [-0.2, -0.15) is 0 Å². The van der Waals surface area contributed by atoms with Crippen molar-refractivity contribution in [3.63, 3.8) is 0 Å². The third kappa shape index (κ3) is 5.34. The van der Waals surface area contributed by atoms with Crippen molar-refractivity contribution >= 4 is 0 Å². The van der Waals surface area contributed by atoms with E-state index in [1.165, 1.54) is 12.0 Å². The van der Waals surface area contributed by atoms with Gasteiger partial charge < -0.3 is 5.11 Å². The Hall–Kier alpha value is -2.12. The molecule has 1 heteroatoms. The predicted octanol–water partition coefficient (Wildman–Crippen LogP) is 5.25. The number of aryl methyl sites for hydroxylation is 1. The van der Waals surface area contributed by atoms with Gasteiger partial charge in [-0.1, -0.05) is 79.4 Å². The van der Waals surface area contributed by atoms with Crippen LogP contribution in [0.1, 0.15) is 36.5 Å². The molecule has 1 atom stereocenters. The fourth-order valence-electron chi connectivity index (χ4n) is 2.41. The van der Waals surface area contributed by atoms with Gasteiger partial charge in [0.05, 0.1) is 0 Å². The zero-order valence-corrected chi connectivity index (χ0v) is 13.0. The van der Waals surface area contributed by atoms with Crippen molar-refractivity contribution in [3.05, 3.63) is 96.1 Å². The van der Waals surface area contributed by atoms with Crippen LogP contribution in [0, 0.1) is 0 Å². The molecule has 2 rings (SSSR count). The lowest BCUT2D eigenvalue weighted by atomic mass is 10.0. The predicted molar refractivity (Wildman–Crippen MR) is 93.7 cm³/mol. The maximum absolute atomic E-state index is 10.2. The van der Waals surface area contributed by atoms with E-state index in [9.17, 15) is 5.11 Å². The molecule has 0 saturated heterocycles. The van der Waals surface area contributed by atoms with Gasteiger partial charge in [0, 0.05) is 0 Å². The molecule has 0 aliphatic rings. The molecule has 114 valence electrons. The molecule has 1 N–H and O–H groups in total. The van der Waals surface area contributed by atoms with Gasteiger partial charge in [0.25, 0.3) is 0 Å². The fraction of sp³-hybridized carbons (Fsp3) is 0.238. The number of hydrogen-bond acceptors (Lipinski definition) is 1. The second-order valence-corrected chi connectivity index (χ2v) is 5.52. The number of unbranched alkanes of at least 4 members (excludes halogenated alkanes) is 2. The molecule has 0 saturated carbocycles. The minimum atomic E-state index is -0.609. The summed E-state index contributed by atoms with van der Waals surface area (Å²) in [6.45, 7) is 3.96. The van der Waals surface area contributed by atoms with Crippen LogP contribution in [0.5, 0.6) is 0 Å². The van der Waals surface area contributed by atoms with E-state index in [1.807, 2.05) is 36.4 Å². The van der Waals surface area contributed by atoms with Gasteiger partial charge in [0.1, 0.15) is 6.10 Å². The Morgan fingerprint density at radius 2 is 1.59 bits per heavy atom. The van der Waals surface area contributed by atoms with E-state index in [0.29, 0.717) is 0 Å². The van der Waals surface area contributed by atoms with Gasteiger partial charge >= 0.3 is 0 Å². The Kier molecular flexibility index (Phi) is 6.66. The van der Waals surface area contributed by atoms with E-state index in [0.717, 1.165) is 30.4 Å². The Labute approximate surface area is 133 Å². The molecule has 1 unspecified atom stereocenters. The molecule has 0 aliphatic carbocycles. The summed E-state index contributed by atoms with van der Waals surface area (Å²) in [5.74, 6) is 0. The highest BCUT2D eigenvalue weighted by molar-refractivity contribution is 5.30. The molecule has 0 radical (unpaired) electrons. The molecule has 1 nitrogen and oxygen atoms in total. The third-order valence-electron chi connectivity index (χ3n) is 3.73. The summed E-state index contributed by atoms with van der Waals surface area (Å²) in [7, 11) is 0. The molecule has 0 aliphatic heterocycles. The largest absolute Gasteiger partial charge is 0.384 e. The number of aliphatic hydroxyl groups excluding tert-OH is 1. The lowest BCUT2D eigenvalue weighted by Crippen LogP contribution is -1.98. The van der Waals surface area contributed by atoms with Crippen LogP contribution in [0.2, 0.25) is 0 Å². The minimum Gasteiger partial charge on any atom is -0.384 e. The van der Waals surface area contributed by atoms with Crippen LogP contribution >= 0.6 is 0 Å². The summed E-state index contributed by atoms with van der Waals surface area (Å²) < 4.78 is 0. The number of allylic oxidation sites excluding steroid dienone is 1. The molecule has 0 heterocycles. The first-order valence-corrected chi connectivity index (χ1v) is 7.89. The van der Waals surface area contributed by atoms with E-state index < -0.39 is 6.10 Å². The van der Waals surface area contributed by atoms with Crippen LogP contribution < -0.4 is 0 Å². The summed E-state index contributed by atoms with van der Waals surface area (Å²) in [5, 5.41) is 10.2. The first kappa shape index (κ1) is 16.3. The van der Waals surface area contributed by atoms with E-state index >= 15 is 0 Å². The minimum absolute atomic E-state index is 0.609. The molecule has 0 fully saturated rings. The third-order valence-corrected chi connectivity index (χ3v) is 3.73. The lowest BCUT2D eigenvalue weighted by Gasteiger charge is -2.10. The van der Waals surface area contributed by atoms with Crippen LogP contribution in [0.25, 0.3) is 0 Å². The Morgan fingerprint density at radius 1 is 0.955 bits per heavy atom. The van der Waals surface area contributed by atoms with E-state index in [4.69, 9.17) is 0 Å². The maximum atomic E-state index is 10.2. The average molecular weight is 292 g/mol. The Balaban J connectivity index is 1.68. The van der Waals surface area contributed by atoms with Crippen molar-refractivity contribution in [2.24, 2.45) is 0 Å². The highest BCUT2D eigenvalue weighted by atomic mass is 16.3. The first-order valence-electron chi connectivity index (χ1n) is 7.89. The fourth-order valence-corrected chi connectivity index (χ4v) is 2.41. The summed E-state index contributed by atoms with van der Waals surface area (Å²) in [5.41, 5.74) is 3.03. The monoisotopic (exact) mass is 292 g/mol. The van der Waals surface area contributed by atoms with Crippen molar-refractivity contribution < 1.29 is 5.11 Å². The summed E-state index contributed by atoms with van der Waals surface area (Å²) in [6.07, 6.45) is 7.93. The number of hydrogen-bond donors (Lipinski definition) is 1. The molecule has 2 aromatic rings. The van der Waals surface area contributed by atoms with E-state index in [-0.39, 0.29) is 0 Å². The number of rotatable bonds is 8. The maximum Gasteiger partial charge on any atom is 0.103 e. The van der Waals surface area contributed by atoms with Gasteiger partial charge in [-0.3, -0.25) is 0 Å². The Bertz CT molecular complexity index is 584. The lowest BCUT2D eigenvalue weighted by molar-refractivity contribution is 0.220. The van der Waals surface area contributed by atoms with Crippen molar-refractivity contribution in [1.29, 1.82) is 0 Å². The molecule has 22 heavy (non-hydrogen) atoms. The topological polar surface area (TPSA) is 20.2 Å². The second-order valence-electron chi connectivity index (χ2n) is 5.52. The highest BCUT2D eigenvalue weighted by Gasteiger charge is 2.07. The van der Waals surface area contributed by atoms with Gasteiger partial charge in [-0.15, -0.1) is 0 Å². The van der Waals surface area contributed by atoms with E-state index in [2.05, 4.69) is 43.0 Å². The van der Waals surface area contributed by atoms with Gasteiger partial charge in [0.15, 0.2) is 0 Å². The smallest absolute Gasteiger partial charge is 0.103 e. The standard InChI is InChI=1S/C21H24O/c1-18(21(22)20-16-10-5-11-17-20)12-6-2-3-7-13-19-14-8-4-9-15-19/h4-6,8-12,14-17,21-22H,1-3,7,13H2/b12-6-. The molecule has 0 bridgehead atoms. The van der Waals surface area contributed by atoms with Gasteiger partial charge in [-0.05, 0) is 42.4 Å². The molecule has 0 aromatic heterocycles. The van der Waals surface area contributed by atoms with Crippen molar-refractivity contribution in [2.45, 2.75) is 31.8 Å². The molecular weight excluding hydrogens is 268 g/mol. The summed E-state index contributed by atoms with van der Waals surface area (Å²) in [4.78, 5) is 0. The van der Waals surface area contributed by atoms with Crippen molar-refractivity contribution in [3.8, 4) is 0 Å². The summed E-state index contributed by atoms with van der Waals surface area (Å²) >= 11 is 0. The van der Waals surface area contributed by atoms with Crippen LogP contribution in [0.4, 0.5) is 0 Å². The highest BCUT2D eigenvalue weighted by Crippen LogP contribution is 2.20. The van der Waals surface area contributed by atoms with Gasteiger partial charge in [-0.25, -0.2) is 0 Å². The average Bonchev–Trinajstić information content (AvgIpc) is 2.58. The normalized spacial score (nSPS) is 12.4. The second kappa shape index (κ2) is 9.01. The summed E-state index contributed by atoms with van der Waals surface area (Å²) in [6, 6.07) is 20.2. The quantitative estimate of drug-likeness (QED) is 0.520. The number of benzene rings is 2. The molecule has 0 amide bonds. The molecular formula is C21H24O. The zero-order valence-electron chi connectivity index (χ0n) is 13.0. The van der Waals surface area contributed by atoms with Crippen LogP contribution in [-0.4, -0.2) is 5.11 Å². The SMILES string of the molecule is C=C(/C=C\CCCCc1ccccc1)C(O)c1ccccc1. The van der Waals surface area contributed by atoms with Crippen LogP contribution in [-0.2, 0) is 6.42 Å². The Morgan fingerprint density at radius 3 is 2.27 bits per heavy atom. The molecule has 2 aromatic carbocycles. The van der Waals surface area contributed by atoms with Gasteiger partial charge in [0.2, 0.25) is 0 Å². The zero-order chi connectivity index (χ0) is 15.6. The van der Waals surface area contributed by atoms with Crippen molar-refractivity contribution in [2.75, 3.05) is 0 Å². The first-order chi connectivity index (χ1) is 10.8. The van der Waals surface area contributed by atoms with Crippen molar-refractivity contribution in [1.82, 2.24) is 0 Å². The van der Waals surface area contributed by atoms with Crippen LogP contribution in [0.3, 0.4) is 0 Å². The van der Waals surface area contributed by atoms with Crippen LogP contribution in [0.15, 0.2) is 85.0 Å².